The van der Waals surface area contributed by atoms with Crippen molar-refractivity contribution in [3.05, 3.63) is 18.2 Å². The molecule has 2 N–H and O–H groups in total. The number of aliphatic hydroxyl groups is 1. The minimum atomic E-state index is -0.179. The van der Waals surface area contributed by atoms with Gasteiger partial charge in [-0.3, -0.25) is 4.79 Å². The largest absolute Gasteiger partial charge is 0.491 e. The Balaban J connectivity index is 2.17. The molecule has 0 bridgehead atoms. The SMILES string of the molecule is O=C1COc2ccc(OCCO)cc2N1. The molecule has 1 aliphatic heterocycles. The van der Waals surface area contributed by atoms with Crippen molar-refractivity contribution < 1.29 is 19.4 Å². The Hall–Kier alpha value is -1.75. The van der Waals surface area contributed by atoms with Crippen LogP contribution in [0.4, 0.5) is 5.69 Å². The third-order valence-electron chi connectivity index (χ3n) is 1.94. The molecule has 80 valence electrons. The number of benzene rings is 1. The Morgan fingerprint density at radius 1 is 1.53 bits per heavy atom. The Kier molecular flexibility index (Phi) is 2.73. The number of nitrogens with one attached hydrogen (secondary N) is 1. The van der Waals surface area contributed by atoms with Crippen molar-refractivity contribution in [3.8, 4) is 11.5 Å². The number of fused-ring (bicyclic) bond motifs is 1. The second-order valence-corrected chi connectivity index (χ2v) is 3.07. The van der Waals surface area contributed by atoms with Crippen molar-refractivity contribution in [3.63, 3.8) is 0 Å². The monoisotopic (exact) mass is 209 g/mol. The van der Waals surface area contributed by atoms with Crippen LogP contribution in [0.25, 0.3) is 0 Å². The molecular formula is C10H11NO4. The van der Waals surface area contributed by atoms with Crippen molar-refractivity contribution in [2.45, 2.75) is 0 Å². The zero-order chi connectivity index (χ0) is 10.7. The van der Waals surface area contributed by atoms with Gasteiger partial charge in [0.2, 0.25) is 0 Å². The lowest BCUT2D eigenvalue weighted by molar-refractivity contribution is -0.118. The highest BCUT2D eigenvalue weighted by atomic mass is 16.5. The van der Waals surface area contributed by atoms with Crippen molar-refractivity contribution in [2.24, 2.45) is 0 Å². The minimum absolute atomic E-state index is 0.0417. The Bertz CT molecular complexity index is 378. The molecule has 1 aromatic carbocycles. The van der Waals surface area contributed by atoms with E-state index in [4.69, 9.17) is 14.6 Å². The van der Waals surface area contributed by atoms with Gasteiger partial charge in [0.15, 0.2) is 6.61 Å². The fraction of sp³-hybridized carbons (Fsp3) is 0.300. The molecule has 0 saturated carbocycles. The van der Waals surface area contributed by atoms with Gasteiger partial charge >= 0.3 is 0 Å². The van der Waals surface area contributed by atoms with E-state index in [0.29, 0.717) is 17.2 Å². The van der Waals surface area contributed by atoms with Gasteiger partial charge in [0.1, 0.15) is 18.1 Å². The zero-order valence-corrected chi connectivity index (χ0v) is 8.03. The Labute approximate surface area is 86.6 Å². The Morgan fingerprint density at radius 3 is 3.20 bits per heavy atom. The highest BCUT2D eigenvalue weighted by Crippen LogP contribution is 2.31. The van der Waals surface area contributed by atoms with Crippen molar-refractivity contribution in [1.29, 1.82) is 0 Å². The summed E-state index contributed by atoms with van der Waals surface area (Å²) in [5, 5.41) is 11.3. The average molecular weight is 209 g/mol. The van der Waals surface area contributed by atoms with Gasteiger partial charge in [0.05, 0.1) is 12.3 Å². The predicted molar refractivity (Wildman–Crippen MR) is 53.1 cm³/mol. The summed E-state index contributed by atoms with van der Waals surface area (Å²) in [7, 11) is 0. The molecule has 1 amide bonds. The number of ether oxygens (including phenoxy) is 2. The van der Waals surface area contributed by atoms with Crippen LogP contribution in [0.2, 0.25) is 0 Å². The predicted octanol–water partition coefficient (Wildman–Crippen LogP) is 0.389. The molecule has 0 atom stereocenters. The summed E-state index contributed by atoms with van der Waals surface area (Å²) in [4.78, 5) is 11.0. The van der Waals surface area contributed by atoms with Crippen LogP contribution in [0.1, 0.15) is 0 Å². The van der Waals surface area contributed by atoms with Crippen LogP contribution in [-0.4, -0.2) is 30.8 Å². The molecule has 5 nitrogen and oxygen atoms in total. The van der Waals surface area contributed by atoms with Gasteiger partial charge in [0.25, 0.3) is 5.91 Å². The fourth-order valence-corrected chi connectivity index (χ4v) is 1.32. The molecule has 1 aromatic rings. The molecule has 0 saturated heterocycles. The first-order valence-electron chi connectivity index (χ1n) is 4.60. The van der Waals surface area contributed by atoms with Gasteiger partial charge in [-0.1, -0.05) is 0 Å². The summed E-state index contributed by atoms with van der Waals surface area (Å²) in [6, 6.07) is 5.12. The lowest BCUT2D eigenvalue weighted by Gasteiger charge is -2.18. The summed E-state index contributed by atoms with van der Waals surface area (Å²) in [5.41, 5.74) is 0.599. The molecule has 1 heterocycles. The van der Waals surface area contributed by atoms with E-state index < -0.39 is 0 Å². The van der Waals surface area contributed by atoms with Crippen molar-refractivity contribution in [1.82, 2.24) is 0 Å². The van der Waals surface area contributed by atoms with Crippen LogP contribution in [0.5, 0.6) is 11.5 Å². The standard InChI is InChI=1S/C10H11NO4/c12-3-4-14-7-1-2-9-8(5-7)11-10(13)6-15-9/h1-2,5,12H,3-4,6H2,(H,11,13). The lowest BCUT2D eigenvalue weighted by atomic mass is 10.2. The second kappa shape index (κ2) is 4.18. The van der Waals surface area contributed by atoms with Crippen molar-refractivity contribution >= 4 is 11.6 Å². The Morgan fingerprint density at radius 2 is 2.40 bits per heavy atom. The molecule has 0 fully saturated rings. The van der Waals surface area contributed by atoms with Gasteiger partial charge in [-0.05, 0) is 12.1 Å². The number of anilines is 1. The second-order valence-electron chi connectivity index (χ2n) is 3.07. The summed E-state index contributed by atoms with van der Waals surface area (Å²) < 4.78 is 10.4. The number of amides is 1. The van der Waals surface area contributed by atoms with Gasteiger partial charge in [-0.2, -0.15) is 0 Å². The van der Waals surface area contributed by atoms with Crippen LogP contribution < -0.4 is 14.8 Å². The average Bonchev–Trinajstić information content (AvgIpc) is 2.25. The summed E-state index contributed by atoms with van der Waals surface area (Å²) in [6.45, 7) is 0.234. The normalized spacial score (nSPS) is 13.8. The first kappa shape index (κ1) is 9.79. The zero-order valence-electron chi connectivity index (χ0n) is 8.03. The third kappa shape index (κ3) is 2.19. The molecule has 0 aliphatic carbocycles. The van der Waals surface area contributed by atoms with Crippen LogP contribution in [0, 0.1) is 0 Å². The number of carbonyl (C=O) groups is 1. The van der Waals surface area contributed by atoms with Gasteiger partial charge in [-0.25, -0.2) is 0 Å². The molecule has 0 unspecified atom stereocenters. The van der Waals surface area contributed by atoms with E-state index >= 15 is 0 Å². The van der Waals surface area contributed by atoms with E-state index in [1.807, 2.05) is 0 Å². The summed E-state index contributed by atoms with van der Waals surface area (Å²) in [5.74, 6) is 1.04. The van der Waals surface area contributed by atoms with E-state index in [0.717, 1.165) is 0 Å². The molecule has 2 rings (SSSR count). The maximum absolute atomic E-state index is 11.0. The molecular weight excluding hydrogens is 198 g/mol. The highest BCUT2D eigenvalue weighted by Gasteiger charge is 2.15. The first-order valence-corrected chi connectivity index (χ1v) is 4.60. The van der Waals surface area contributed by atoms with E-state index in [1.54, 1.807) is 18.2 Å². The topological polar surface area (TPSA) is 67.8 Å². The molecule has 5 heteroatoms. The highest BCUT2D eigenvalue weighted by molar-refractivity contribution is 5.95. The molecule has 15 heavy (non-hydrogen) atoms. The van der Waals surface area contributed by atoms with Crippen LogP contribution in [0.3, 0.4) is 0 Å². The smallest absolute Gasteiger partial charge is 0.262 e. The van der Waals surface area contributed by atoms with Gasteiger partial charge < -0.3 is 19.9 Å². The van der Waals surface area contributed by atoms with Crippen molar-refractivity contribution in [2.75, 3.05) is 25.1 Å². The molecule has 0 radical (unpaired) electrons. The molecule has 0 aromatic heterocycles. The first-order chi connectivity index (χ1) is 7.29. The van der Waals surface area contributed by atoms with E-state index in [2.05, 4.69) is 5.32 Å². The minimum Gasteiger partial charge on any atom is -0.491 e. The van der Waals surface area contributed by atoms with Crippen LogP contribution in [0.15, 0.2) is 18.2 Å². The quantitative estimate of drug-likeness (QED) is 0.755. The number of hydrogen-bond acceptors (Lipinski definition) is 4. The maximum Gasteiger partial charge on any atom is 0.262 e. The fourth-order valence-electron chi connectivity index (χ4n) is 1.32. The number of aliphatic hydroxyl groups excluding tert-OH is 1. The molecule has 0 spiro atoms. The van der Waals surface area contributed by atoms with E-state index in [9.17, 15) is 4.79 Å². The molecule has 1 aliphatic rings. The third-order valence-corrected chi connectivity index (χ3v) is 1.94. The van der Waals surface area contributed by atoms with Crippen LogP contribution >= 0.6 is 0 Å². The number of carbonyl (C=O) groups excluding carboxylic acids is 1. The summed E-state index contributed by atoms with van der Waals surface area (Å²) >= 11 is 0. The number of rotatable bonds is 3. The van der Waals surface area contributed by atoms with E-state index in [1.165, 1.54) is 0 Å². The van der Waals surface area contributed by atoms with Gasteiger partial charge in [-0.15, -0.1) is 0 Å². The maximum atomic E-state index is 11.0. The van der Waals surface area contributed by atoms with Crippen LogP contribution in [-0.2, 0) is 4.79 Å². The van der Waals surface area contributed by atoms with Gasteiger partial charge in [0, 0.05) is 6.07 Å². The lowest BCUT2D eigenvalue weighted by Crippen LogP contribution is -2.25. The summed E-state index contributed by atoms with van der Waals surface area (Å²) in [6.07, 6.45) is 0. The number of hydrogen-bond donors (Lipinski definition) is 2. The van der Waals surface area contributed by atoms with E-state index in [-0.39, 0.29) is 25.7 Å².